The number of nitrogens with one attached hydrogen (secondary N) is 1. The number of carbonyl (C=O) groups excluding carboxylic acids is 1. The van der Waals surface area contributed by atoms with Gasteiger partial charge in [0.25, 0.3) is 5.91 Å². The number of amides is 1. The smallest absolute Gasteiger partial charge is 0.271 e. The van der Waals surface area contributed by atoms with Crippen molar-refractivity contribution < 1.29 is 4.79 Å². The standard InChI is InChI=1S/C12H19ClN4O/c1-16-11(10(13)9-15-16)12(18)14-5-8-17-6-3-2-4-7-17/h9H,2-8H2,1H3,(H,14,18). The van der Waals surface area contributed by atoms with Gasteiger partial charge in [0.2, 0.25) is 0 Å². The van der Waals surface area contributed by atoms with Gasteiger partial charge in [-0.05, 0) is 25.9 Å². The monoisotopic (exact) mass is 270 g/mol. The van der Waals surface area contributed by atoms with Gasteiger partial charge in [-0.1, -0.05) is 18.0 Å². The van der Waals surface area contributed by atoms with Gasteiger partial charge >= 0.3 is 0 Å². The number of aromatic nitrogens is 2. The maximum absolute atomic E-state index is 11.9. The van der Waals surface area contributed by atoms with Crippen LogP contribution in [0, 0.1) is 0 Å². The molecule has 0 aromatic carbocycles. The summed E-state index contributed by atoms with van der Waals surface area (Å²) in [5.74, 6) is -0.156. The molecule has 1 N–H and O–H groups in total. The van der Waals surface area contributed by atoms with Crippen molar-refractivity contribution in [3.05, 3.63) is 16.9 Å². The highest BCUT2D eigenvalue weighted by atomic mass is 35.5. The van der Waals surface area contributed by atoms with E-state index in [1.54, 1.807) is 7.05 Å². The molecule has 2 heterocycles. The van der Waals surface area contributed by atoms with Crippen LogP contribution in [0.3, 0.4) is 0 Å². The number of halogens is 1. The van der Waals surface area contributed by atoms with Crippen molar-refractivity contribution in [3.63, 3.8) is 0 Å². The first-order chi connectivity index (χ1) is 8.68. The van der Waals surface area contributed by atoms with Crippen molar-refractivity contribution in [3.8, 4) is 0 Å². The summed E-state index contributed by atoms with van der Waals surface area (Å²) in [6.45, 7) is 3.84. The van der Waals surface area contributed by atoms with Crippen molar-refractivity contribution >= 4 is 17.5 Å². The zero-order chi connectivity index (χ0) is 13.0. The minimum absolute atomic E-state index is 0.156. The van der Waals surface area contributed by atoms with Crippen LogP contribution in [0.4, 0.5) is 0 Å². The first kappa shape index (κ1) is 13.4. The summed E-state index contributed by atoms with van der Waals surface area (Å²) < 4.78 is 1.50. The van der Waals surface area contributed by atoms with Crippen molar-refractivity contribution in [2.24, 2.45) is 7.05 Å². The molecule has 1 aromatic heterocycles. The van der Waals surface area contributed by atoms with Gasteiger partial charge in [0.05, 0.1) is 11.2 Å². The summed E-state index contributed by atoms with van der Waals surface area (Å²) in [6, 6.07) is 0. The molecule has 0 radical (unpaired) electrons. The predicted octanol–water partition coefficient (Wildman–Crippen LogP) is 1.29. The Kier molecular flexibility index (Phi) is 4.60. The number of hydrogen-bond acceptors (Lipinski definition) is 3. The summed E-state index contributed by atoms with van der Waals surface area (Å²) in [5.41, 5.74) is 0.426. The minimum Gasteiger partial charge on any atom is -0.349 e. The fourth-order valence-corrected chi connectivity index (χ4v) is 2.51. The van der Waals surface area contributed by atoms with Crippen molar-refractivity contribution in [1.82, 2.24) is 20.0 Å². The summed E-state index contributed by atoms with van der Waals surface area (Å²) in [4.78, 5) is 14.3. The molecule has 0 atom stereocenters. The Balaban J connectivity index is 1.78. The third kappa shape index (κ3) is 3.23. The van der Waals surface area contributed by atoms with E-state index in [0.717, 1.165) is 19.6 Å². The van der Waals surface area contributed by atoms with Crippen molar-refractivity contribution in [1.29, 1.82) is 0 Å². The molecule has 1 fully saturated rings. The third-order valence-electron chi connectivity index (χ3n) is 3.27. The Labute approximate surface area is 112 Å². The average molecular weight is 271 g/mol. The lowest BCUT2D eigenvalue weighted by Gasteiger charge is -2.26. The van der Waals surface area contributed by atoms with Gasteiger partial charge < -0.3 is 10.2 Å². The van der Waals surface area contributed by atoms with Crippen LogP contribution in [0.1, 0.15) is 29.8 Å². The van der Waals surface area contributed by atoms with Crippen molar-refractivity contribution in [2.75, 3.05) is 26.2 Å². The number of hydrogen-bond donors (Lipinski definition) is 1. The lowest BCUT2D eigenvalue weighted by Crippen LogP contribution is -2.38. The molecular weight excluding hydrogens is 252 g/mol. The summed E-state index contributed by atoms with van der Waals surface area (Å²) >= 11 is 5.91. The van der Waals surface area contributed by atoms with E-state index in [-0.39, 0.29) is 5.91 Å². The van der Waals surface area contributed by atoms with Gasteiger partial charge in [-0.15, -0.1) is 0 Å². The van der Waals surface area contributed by atoms with Crippen LogP contribution in [-0.4, -0.2) is 46.8 Å². The van der Waals surface area contributed by atoms with Gasteiger partial charge in [-0.2, -0.15) is 5.10 Å². The Morgan fingerprint density at radius 3 is 2.78 bits per heavy atom. The Morgan fingerprint density at radius 1 is 1.44 bits per heavy atom. The second-order valence-electron chi connectivity index (χ2n) is 4.62. The number of likely N-dealkylation sites (tertiary alicyclic amines) is 1. The molecule has 100 valence electrons. The van der Waals surface area contributed by atoms with Gasteiger partial charge in [0.15, 0.2) is 0 Å². The van der Waals surface area contributed by atoms with E-state index in [1.807, 2.05) is 0 Å². The molecular formula is C12H19ClN4O. The average Bonchev–Trinajstić information content (AvgIpc) is 2.70. The van der Waals surface area contributed by atoms with Crippen LogP contribution < -0.4 is 5.32 Å². The van der Waals surface area contributed by atoms with Crippen LogP contribution in [0.15, 0.2) is 6.20 Å². The number of rotatable bonds is 4. The highest BCUT2D eigenvalue weighted by Crippen LogP contribution is 2.13. The van der Waals surface area contributed by atoms with Crippen molar-refractivity contribution in [2.45, 2.75) is 19.3 Å². The largest absolute Gasteiger partial charge is 0.349 e. The van der Waals surface area contributed by atoms with E-state index in [4.69, 9.17) is 11.6 Å². The minimum atomic E-state index is -0.156. The Morgan fingerprint density at radius 2 is 2.17 bits per heavy atom. The van der Waals surface area contributed by atoms with Crippen LogP contribution >= 0.6 is 11.6 Å². The molecule has 0 bridgehead atoms. The highest BCUT2D eigenvalue weighted by Gasteiger charge is 2.15. The van der Waals surface area contributed by atoms with Gasteiger partial charge in [0, 0.05) is 20.1 Å². The molecule has 0 saturated carbocycles. The quantitative estimate of drug-likeness (QED) is 0.897. The van der Waals surface area contributed by atoms with Crippen LogP contribution in [0.2, 0.25) is 5.02 Å². The van der Waals surface area contributed by atoms with E-state index < -0.39 is 0 Å². The maximum Gasteiger partial charge on any atom is 0.271 e. The molecule has 1 aliphatic rings. The molecule has 1 aromatic rings. The highest BCUT2D eigenvalue weighted by molar-refractivity contribution is 6.33. The SMILES string of the molecule is Cn1ncc(Cl)c1C(=O)NCCN1CCCCC1. The lowest BCUT2D eigenvalue weighted by atomic mass is 10.1. The predicted molar refractivity (Wildman–Crippen MR) is 70.8 cm³/mol. The number of carbonyl (C=O) groups is 1. The topological polar surface area (TPSA) is 50.2 Å². The summed E-state index contributed by atoms with van der Waals surface area (Å²) in [5, 5.41) is 7.23. The molecule has 1 amide bonds. The molecule has 0 spiro atoms. The molecule has 6 heteroatoms. The first-order valence-electron chi connectivity index (χ1n) is 6.36. The summed E-state index contributed by atoms with van der Waals surface area (Å²) in [6.07, 6.45) is 5.34. The zero-order valence-corrected chi connectivity index (χ0v) is 11.4. The third-order valence-corrected chi connectivity index (χ3v) is 3.55. The molecule has 2 rings (SSSR count). The zero-order valence-electron chi connectivity index (χ0n) is 10.7. The van der Waals surface area contributed by atoms with E-state index in [1.165, 1.54) is 30.1 Å². The van der Waals surface area contributed by atoms with Gasteiger partial charge in [0.1, 0.15) is 5.69 Å². The first-order valence-corrected chi connectivity index (χ1v) is 6.74. The fraction of sp³-hybridized carbons (Fsp3) is 0.667. The Bertz CT molecular complexity index is 393. The fourth-order valence-electron chi connectivity index (χ4n) is 2.26. The second kappa shape index (κ2) is 6.20. The normalized spacial score (nSPS) is 16.8. The van der Waals surface area contributed by atoms with Crippen LogP contribution in [0.5, 0.6) is 0 Å². The molecule has 0 unspecified atom stereocenters. The van der Waals surface area contributed by atoms with E-state index in [2.05, 4.69) is 15.3 Å². The number of aryl methyl sites for hydroxylation is 1. The molecule has 1 aliphatic heterocycles. The number of piperidine rings is 1. The molecule has 5 nitrogen and oxygen atoms in total. The van der Waals surface area contributed by atoms with E-state index >= 15 is 0 Å². The summed E-state index contributed by atoms with van der Waals surface area (Å²) in [7, 11) is 1.71. The molecule has 0 aliphatic carbocycles. The second-order valence-corrected chi connectivity index (χ2v) is 5.03. The number of nitrogens with zero attached hydrogens (tertiary/aromatic N) is 3. The van der Waals surface area contributed by atoms with E-state index in [9.17, 15) is 4.79 Å². The Hall–Kier alpha value is -1.07. The lowest BCUT2D eigenvalue weighted by molar-refractivity contribution is 0.0937. The van der Waals surface area contributed by atoms with Crippen LogP contribution in [0.25, 0.3) is 0 Å². The molecule has 1 saturated heterocycles. The molecule has 18 heavy (non-hydrogen) atoms. The maximum atomic E-state index is 11.9. The van der Waals surface area contributed by atoms with E-state index in [0.29, 0.717) is 17.3 Å². The van der Waals surface area contributed by atoms with Gasteiger partial charge in [-0.25, -0.2) is 0 Å². The van der Waals surface area contributed by atoms with Gasteiger partial charge in [-0.3, -0.25) is 9.48 Å². The van der Waals surface area contributed by atoms with Crippen LogP contribution in [-0.2, 0) is 7.05 Å².